The van der Waals surface area contributed by atoms with E-state index in [1.54, 1.807) is 7.11 Å². The molecule has 0 radical (unpaired) electrons. The normalized spacial score (nSPS) is 11.2. The van der Waals surface area contributed by atoms with Crippen LogP contribution in [-0.4, -0.2) is 61.0 Å². The number of ether oxygens (including phenoxy) is 1. The van der Waals surface area contributed by atoms with E-state index < -0.39 is 0 Å². The Morgan fingerprint density at radius 3 is 2.45 bits per heavy atom. The van der Waals surface area contributed by atoms with Crippen LogP contribution < -0.4 is 15.0 Å². The van der Waals surface area contributed by atoms with Gasteiger partial charge in [0.2, 0.25) is 0 Å². The Balaban J connectivity index is 1.83. The Morgan fingerprint density at radius 1 is 1.10 bits per heavy atom. The second-order valence-corrected chi connectivity index (χ2v) is 7.80. The minimum atomic E-state index is -0.105. The maximum Gasteiger partial charge on any atom is 0.253 e. The van der Waals surface area contributed by atoms with E-state index in [2.05, 4.69) is 47.5 Å². The highest BCUT2D eigenvalue weighted by atomic mass is 16.5. The SMILES string of the molecule is CCc1nc2ccc(C(=O)NCc3ccc(OC)cc3)cn2c1N(CC)CCN(C)C. The molecular weight excluding hydrogens is 390 g/mol. The molecule has 0 saturated carbocycles. The van der Waals surface area contributed by atoms with Crippen LogP contribution in [0.1, 0.15) is 35.5 Å². The van der Waals surface area contributed by atoms with Gasteiger partial charge in [-0.2, -0.15) is 0 Å². The van der Waals surface area contributed by atoms with Gasteiger partial charge in [-0.3, -0.25) is 9.20 Å². The first-order chi connectivity index (χ1) is 15.0. The van der Waals surface area contributed by atoms with Crippen molar-refractivity contribution in [2.24, 2.45) is 0 Å². The molecule has 3 rings (SSSR count). The van der Waals surface area contributed by atoms with Gasteiger partial charge in [-0.1, -0.05) is 19.1 Å². The zero-order valence-electron chi connectivity index (χ0n) is 19.2. The molecule has 3 aromatic rings. The molecule has 0 saturated heterocycles. The number of anilines is 1. The van der Waals surface area contributed by atoms with Gasteiger partial charge in [-0.05, 0) is 57.3 Å². The Hall–Kier alpha value is -3.06. The molecule has 166 valence electrons. The van der Waals surface area contributed by atoms with Crippen LogP contribution in [0.5, 0.6) is 5.75 Å². The number of hydrogen-bond acceptors (Lipinski definition) is 5. The van der Waals surface area contributed by atoms with E-state index in [-0.39, 0.29) is 5.91 Å². The molecule has 1 N–H and O–H groups in total. The summed E-state index contributed by atoms with van der Waals surface area (Å²) in [6.45, 7) is 7.46. The standard InChI is InChI=1S/C24H33N5O2/c1-6-21-24(28(7-2)15-14-27(3)4)29-17-19(10-13-22(29)26-21)23(30)25-16-18-8-11-20(31-5)12-9-18/h8-13,17H,6-7,14-16H2,1-5H3,(H,25,30). The first kappa shape index (κ1) is 22.6. The molecule has 0 bridgehead atoms. The maximum absolute atomic E-state index is 12.8. The van der Waals surface area contributed by atoms with Gasteiger partial charge in [0, 0.05) is 32.4 Å². The molecule has 7 nitrogen and oxygen atoms in total. The molecular formula is C24H33N5O2. The van der Waals surface area contributed by atoms with Crippen molar-refractivity contribution in [2.75, 3.05) is 45.7 Å². The molecule has 7 heteroatoms. The number of aromatic nitrogens is 2. The topological polar surface area (TPSA) is 62.1 Å². The van der Waals surface area contributed by atoms with Crippen molar-refractivity contribution in [1.29, 1.82) is 0 Å². The molecule has 0 aliphatic rings. The van der Waals surface area contributed by atoms with Crippen LogP contribution in [-0.2, 0) is 13.0 Å². The summed E-state index contributed by atoms with van der Waals surface area (Å²) in [7, 11) is 5.80. The van der Waals surface area contributed by atoms with E-state index in [0.717, 1.165) is 54.5 Å². The lowest BCUT2D eigenvalue weighted by Gasteiger charge is -2.25. The van der Waals surface area contributed by atoms with Crippen molar-refractivity contribution < 1.29 is 9.53 Å². The average Bonchev–Trinajstić information content (AvgIpc) is 3.16. The van der Waals surface area contributed by atoms with E-state index in [1.165, 1.54) is 0 Å². The molecule has 0 atom stereocenters. The maximum atomic E-state index is 12.8. The highest BCUT2D eigenvalue weighted by Crippen LogP contribution is 2.24. The molecule has 31 heavy (non-hydrogen) atoms. The minimum absolute atomic E-state index is 0.105. The second kappa shape index (κ2) is 10.3. The quantitative estimate of drug-likeness (QED) is 0.543. The molecule has 0 aliphatic carbocycles. The highest BCUT2D eigenvalue weighted by Gasteiger charge is 2.18. The van der Waals surface area contributed by atoms with Gasteiger partial charge in [-0.15, -0.1) is 0 Å². The van der Waals surface area contributed by atoms with Gasteiger partial charge < -0.3 is 19.9 Å². The molecule has 2 aromatic heterocycles. The number of fused-ring (bicyclic) bond motifs is 1. The van der Waals surface area contributed by atoms with Gasteiger partial charge >= 0.3 is 0 Å². The van der Waals surface area contributed by atoms with Gasteiger partial charge in [0.1, 0.15) is 17.2 Å². The van der Waals surface area contributed by atoms with E-state index in [4.69, 9.17) is 9.72 Å². The molecule has 0 spiro atoms. The van der Waals surface area contributed by atoms with Crippen LogP contribution in [0, 0.1) is 0 Å². The Labute approximate surface area is 184 Å². The lowest BCUT2D eigenvalue weighted by Crippen LogP contribution is -2.33. The van der Waals surface area contributed by atoms with Crippen LogP contribution >= 0.6 is 0 Å². The first-order valence-corrected chi connectivity index (χ1v) is 10.8. The second-order valence-electron chi connectivity index (χ2n) is 7.80. The number of likely N-dealkylation sites (N-methyl/N-ethyl adjacent to an activating group) is 2. The van der Waals surface area contributed by atoms with E-state index in [1.807, 2.05) is 42.6 Å². The third-order valence-electron chi connectivity index (χ3n) is 5.37. The molecule has 0 fully saturated rings. The average molecular weight is 424 g/mol. The molecule has 2 heterocycles. The smallest absolute Gasteiger partial charge is 0.253 e. The van der Waals surface area contributed by atoms with Crippen molar-refractivity contribution in [3.63, 3.8) is 0 Å². The summed E-state index contributed by atoms with van der Waals surface area (Å²) in [6.07, 6.45) is 2.74. The van der Waals surface area contributed by atoms with Crippen LogP contribution in [0.25, 0.3) is 5.65 Å². The number of aryl methyl sites for hydroxylation is 1. The van der Waals surface area contributed by atoms with E-state index in [9.17, 15) is 4.79 Å². The van der Waals surface area contributed by atoms with Crippen LogP contribution in [0.15, 0.2) is 42.6 Å². The van der Waals surface area contributed by atoms with Crippen LogP contribution in [0.4, 0.5) is 5.82 Å². The summed E-state index contributed by atoms with van der Waals surface area (Å²) in [4.78, 5) is 22.1. The third-order valence-corrected chi connectivity index (χ3v) is 5.37. The Morgan fingerprint density at radius 2 is 1.84 bits per heavy atom. The lowest BCUT2D eigenvalue weighted by molar-refractivity contribution is 0.0950. The van der Waals surface area contributed by atoms with E-state index in [0.29, 0.717) is 12.1 Å². The number of methoxy groups -OCH3 is 1. The number of imidazole rings is 1. The molecule has 0 unspecified atom stereocenters. The predicted molar refractivity (Wildman–Crippen MR) is 125 cm³/mol. The molecule has 0 aliphatic heterocycles. The Kier molecular flexibility index (Phi) is 7.52. The van der Waals surface area contributed by atoms with Crippen molar-refractivity contribution in [2.45, 2.75) is 26.8 Å². The molecule has 1 amide bonds. The van der Waals surface area contributed by atoms with E-state index >= 15 is 0 Å². The fourth-order valence-corrected chi connectivity index (χ4v) is 3.55. The van der Waals surface area contributed by atoms with Crippen molar-refractivity contribution in [3.8, 4) is 5.75 Å². The zero-order chi connectivity index (χ0) is 22.4. The summed E-state index contributed by atoms with van der Waals surface area (Å²) < 4.78 is 7.24. The monoisotopic (exact) mass is 423 g/mol. The summed E-state index contributed by atoms with van der Waals surface area (Å²) in [6, 6.07) is 11.5. The largest absolute Gasteiger partial charge is 0.497 e. The lowest BCUT2D eigenvalue weighted by atomic mass is 10.2. The number of benzene rings is 1. The van der Waals surface area contributed by atoms with Gasteiger partial charge in [0.15, 0.2) is 0 Å². The van der Waals surface area contributed by atoms with Crippen molar-refractivity contribution in [3.05, 3.63) is 59.4 Å². The van der Waals surface area contributed by atoms with Gasteiger partial charge in [0.05, 0.1) is 18.4 Å². The third kappa shape index (κ3) is 5.35. The fourth-order valence-electron chi connectivity index (χ4n) is 3.55. The fraction of sp³-hybridized carbons (Fsp3) is 0.417. The predicted octanol–water partition coefficient (Wildman–Crippen LogP) is 3.22. The number of rotatable bonds is 10. The first-order valence-electron chi connectivity index (χ1n) is 10.8. The number of hydrogen-bond donors (Lipinski definition) is 1. The molecule has 1 aromatic carbocycles. The Bertz CT molecular complexity index is 1010. The van der Waals surface area contributed by atoms with Crippen LogP contribution in [0.3, 0.4) is 0 Å². The number of nitrogens with one attached hydrogen (secondary N) is 1. The summed E-state index contributed by atoms with van der Waals surface area (Å²) in [5, 5.41) is 3.01. The number of carbonyl (C=O) groups is 1. The van der Waals surface area contributed by atoms with Crippen LogP contribution in [0.2, 0.25) is 0 Å². The summed E-state index contributed by atoms with van der Waals surface area (Å²) >= 11 is 0. The number of nitrogens with zero attached hydrogens (tertiary/aromatic N) is 4. The summed E-state index contributed by atoms with van der Waals surface area (Å²) in [5.41, 5.74) is 3.55. The minimum Gasteiger partial charge on any atom is -0.497 e. The highest BCUT2D eigenvalue weighted by molar-refractivity contribution is 5.94. The van der Waals surface area contributed by atoms with Crippen molar-refractivity contribution >= 4 is 17.4 Å². The van der Waals surface area contributed by atoms with Crippen molar-refractivity contribution in [1.82, 2.24) is 19.6 Å². The number of carbonyl (C=O) groups excluding carboxylic acids is 1. The van der Waals surface area contributed by atoms with Gasteiger partial charge in [-0.25, -0.2) is 4.98 Å². The van der Waals surface area contributed by atoms with Gasteiger partial charge in [0.25, 0.3) is 5.91 Å². The number of amides is 1. The summed E-state index contributed by atoms with van der Waals surface area (Å²) in [5.74, 6) is 1.77. The zero-order valence-corrected chi connectivity index (χ0v) is 19.2. The number of pyridine rings is 1.